The molecule has 112 valence electrons. The average Bonchev–Trinajstić information content (AvgIpc) is 2.37. The van der Waals surface area contributed by atoms with E-state index >= 15 is 0 Å². The van der Waals surface area contributed by atoms with Crippen LogP contribution in [-0.2, 0) is 11.0 Å². The minimum atomic E-state index is -4.36. The molecule has 0 saturated heterocycles. The van der Waals surface area contributed by atoms with Crippen LogP contribution < -0.4 is 5.32 Å². The van der Waals surface area contributed by atoms with E-state index in [0.717, 1.165) is 12.1 Å². The zero-order valence-electron chi connectivity index (χ0n) is 11.5. The Morgan fingerprint density at radius 3 is 2.15 bits per heavy atom. The summed E-state index contributed by atoms with van der Waals surface area (Å²) in [6, 6.07) is 4.35. The quantitative estimate of drug-likeness (QED) is 0.832. The molecule has 1 rings (SSSR count). The van der Waals surface area contributed by atoms with E-state index in [4.69, 9.17) is 11.6 Å². The Balaban J connectivity index is 2.79. The number of halogens is 4. The summed E-state index contributed by atoms with van der Waals surface area (Å²) < 4.78 is 37.3. The molecule has 0 spiro atoms. The van der Waals surface area contributed by atoms with Gasteiger partial charge in [-0.1, -0.05) is 12.1 Å². The number of carbonyl (C=O) groups is 1. The smallest absolute Gasteiger partial charge is 0.349 e. The highest BCUT2D eigenvalue weighted by Crippen LogP contribution is 2.30. The first kappa shape index (κ1) is 16.8. The maximum absolute atomic E-state index is 12.4. The first-order valence-electron chi connectivity index (χ1n) is 6.12. The minimum absolute atomic E-state index is 0.165. The molecule has 1 N–H and O–H groups in total. The van der Waals surface area contributed by atoms with Crippen LogP contribution in [0.5, 0.6) is 0 Å². The van der Waals surface area contributed by atoms with Crippen molar-refractivity contribution in [2.24, 2.45) is 5.41 Å². The van der Waals surface area contributed by atoms with Crippen molar-refractivity contribution in [3.05, 3.63) is 35.4 Å². The molecule has 2 nitrogen and oxygen atoms in total. The first-order valence-corrected chi connectivity index (χ1v) is 6.65. The highest BCUT2D eigenvalue weighted by molar-refractivity contribution is 6.19. The number of hydrogen-bond donors (Lipinski definition) is 1. The van der Waals surface area contributed by atoms with Gasteiger partial charge < -0.3 is 5.32 Å². The third-order valence-electron chi connectivity index (χ3n) is 3.03. The number of nitrogens with one attached hydrogen (secondary N) is 1. The van der Waals surface area contributed by atoms with Gasteiger partial charge in [0.2, 0.25) is 5.91 Å². The summed E-state index contributed by atoms with van der Waals surface area (Å²) >= 11 is 5.70. The number of rotatable bonds is 4. The van der Waals surface area contributed by atoms with Crippen LogP contribution in [0.15, 0.2) is 24.3 Å². The predicted octanol–water partition coefficient (Wildman–Crippen LogP) is 4.15. The average molecular weight is 308 g/mol. The number of alkyl halides is 4. The van der Waals surface area contributed by atoms with Gasteiger partial charge in [-0.3, -0.25) is 4.79 Å². The molecular weight excluding hydrogens is 291 g/mol. The lowest BCUT2D eigenvalue weighted by Gasteiger charge is -2.24. The summed E-state index contributed by atoms with van der Waals surface area (Å²) in [5.74, 6) is -0.0710. The van der Waals surface area contributed by atoms with E-state index in [-0.39, 0.29) is 17.8 Å². The van der Waals surface area contributed by atoms with Gasteiger partial charge in [0, 0.05) is 5.88 Å². The molecule has 20 heavy (non-hydrogen) atoms. The molecule has 0 fully saturated rings. The normalized spacial score (nSPS) is 13.9. The topological polar surface area (TPSA) is 29.1 Å². The molecule has 0 aliphatic carbocycles. The summed E-state index contributed by atoms with van der Waals surface area (Å²) in [7, 11) is 0. The number of hydrogen-bond acceptors (Lipinski definition) is 1. The molecule has 0 aromatic heterocycles. The third-order valence-corrected chi connectivity index (χ3v) is 3.70. The fourth-order valence-corrected chi connectivity index (χ4v) is 1.62. The second kappa shape index (κ2) is 6.04. The molecule has 0 heterocycles. The van der Waals surface area contributed by atoms with Crippen LogP contribution in [0.3, 0.4) is 0 Å². The lowest BCUT2D eigenvalue weighted by Crippen LogP contribution is -2.39. The predicted molar refractivity (Wildman–Crippen MR) is 72.5 cm³/mol. The molecule has 6 heteroatoms. The van der Waals surface area contributed by atoms with Gasteiger partial charge in [-0.25, -0.2) is 0 Å². The van der Waals surface area contributed by atoms with Crippen molar-refractivity contribution in [1.82, 2.24) is 5.32 Å². The van der Waals surface area contributed by atoms with Crippen molar-refractivity contribution in [1.29, 1.82) is 0 Å². The Labute approximate surface area is 121 Å². The van der Waals surface area contributed by atoms with E-state index < -0.39 is 17.2 Å². The first-order chi connectivity index (χ1) is 9.08. The fraction of sp³-hybridized carbons (Fsp3) is 0.500. The lowest BCUT2D eigenvalue weighted by atomic mass is 9.94. The Morgan fingerprint density at radius 2 is 1.75 bits per heavy atom. The summed E-state index contributed by atoms with van der Waals surface area (Å²) in [5.41, 5.74) is -0.820. The monoisotopic (exact) mass is 307 g/mol. The maximum Gasteiger partial charge on any atom is 0.416 e. The molecule has 0 aliphatic heterocycles. The molecule has 1 amide bonds. The van der Waals surface area contributed by atoms with Gasteiger partial charge in [-0.05, 0) is 38.5 Å². The van der Waals surface area contributed by atoms with E-state index in [1.165, 1.54) is 12.1 Å². The van der Waals surface area contributed by atoms with Crippen LogP contribution in [0.25, 0.3) is 0 Å². The van der Waals surface area contributed by atoms with Crippen molar-refractivity contribution in [2.45, 2.75) is 33.0 Å². The number of carbonyl (C=O) groups excluding carboxylic acids is 1. The third kappa shape index (κ3) is 4.13. The highest BCUT2D eigenvalue weighted by atomic mass is 35.5. The van der Waals surface area contributed by atoms with Gasteiger partial charge in [-0.15, -0.1) is 11.6 Å². The van der Waals surface area contributed by atoms with Crippen LogP contribution in [0, 0.1) is 5.41 Å². The Morgan fingerprint density at radius 1 is 1.25 bits per heavy atom. The molecular formula is C14H17ClF3NO. The van der Waals surface area contributed by atoms with Crippen molar-refractivity contribution in [3.63, 3.8) is 0 Å². The van der Waals surface area contributed by atoms with Crippen LogP contribution in [0.1, 0.15) is 37.9 Å². The number of amides is 1. The molecule has 1 aromatic carbocycles. The van der Waals surface area contributed by atoms with Gasteiger partial charge in [0.1, 0.15) is 0 Å². The molecule has 1 atom stereocenters. The van der Waals surface area contributed by atoms with E-state index in [1.807, 2.05) is 0 Å². The minimum Gasteiger partial charge on any atom is -0.349 e. The van der Waals surface area contributed by atoms with Gasteiger partial charge >= 0.3 is 6.18 Å². The van der Waals surface area contributed by atoms with E-state index in [1.54, 1.807) is 20.8 Å². The van der Waals surface area contributed by atoms with Crippen LogP contribution >= 0.6 is 11.6 Å². The highest BCUT2D eigenvalue weighted by Gasteiger charge is 2.31. The Bertz CT molecular complexity index is 468. The molecule has 0 radical (unpaired) electrons. The second-order valence-electron chi connectivity index (χ2n) is 5.33. The fourth-order valence-electron chi connectivity index (χ4n) is 1.50. The zero-order chi connectivity index (χ0) is 15.6. The summed E-state index contributed by atoms with van der Waals surface area (Å²) in [5, 5.41) is 2.74. The lowest BCUT2D eigenvalue weighted by molar-refractivity contribution is -0.137. The summed E-state index contributed by atoms with van der Waals surface area (Å²) in [6.07, 6.45) is -4.36. The summed E-state index contributed by atoms with van der Waals surface area (Å²) in [6.45, 7) is 5.12. The molecule has 0 saturated carbocycles. The van der Waals surface area contributed by atoms with Crippen LogP contribution in [0.2, 0.25) is 0 Å². The van der Waals surface area contributed by atoms with E-state index in [2.05, 4.69) is 5.32 Å². The van der Waals surface area contributed by atoms with Crippen LogP contribution in [-0.4, -0.2) is 11.8 Å². The second-order valence-corrected chi connectivity index (χ2v) is 5.60. The Kier molecular flexibility index (Phi) is 5.08. The van der Waals surface area contributed by atoms with Gasteiger partial charge in [0.05, 0.1) is 17.0 Å². The SMILES string of the molecule is CC(NC(=O)C(C)(C)CCl)c1ccc(C(F)(F)F)cc1. The standard InChI is InChI=1S/C14H17ClF3NO/c1-9(19-12(20)13(2,3)8-15)10-4-6-11(7-5-10)14(16,17)18/h4-7,9H,8H2,1-3H3,(H,19,20). The summed E-state index contributed by atoms with van der Waals surface area (Å²) in [4.78, 5) is 11.9. The molecule has 0 bridgehead atoms. The van der Waals surface area contributed by atoms with Crippen molar-refractivity contribution < 1.29 is 18.0 Å². The largest absolute Gasteiger partial charge is 0.416 e. The van der Waals surface area contributed by atoms with Crippen molar-refractivity contribution in [3.8, 4) is 0 Å². The molecule has 0 aliphatic rings. The van der Waals surface area contributed by atoms with E-state index in [0.29, 0.717) is 5.56 Å². The van der Waals surface area contributed by atoms with Crippen molar-refractivity contribution in [2.75, 3.05) is 5.88 Å². The molecule has 1 aromatic rings. The maximum atomic E-state index is 12.4. The zero-order valence-corrected chi connectivity index (χ0v) is 12.3. The molecule has 1 unspecified atom stereocenters. The van der Waals surface area contributed by atoms with Gasteiger partial charge in [-0.2, -0.15) is 13.2 Å². The van der Waals surface area contributed by atoms with Crippen LogP contribution in [0.4, 0.5) is 13.2 Å². The Hall–Kier alpha value is -1.23. The van der Waals surface area contributed by atoms with Gasteiger partial charge in [0.15, 0.2) is 0 Å². The van der Waals surface area contributed by atoms with Gasteiger partial charge in [0.25, 0.3) is 0 Å². The van der Waals surface area contributed by atoms with E-state index in [9.17, 15) is 18.0 Å². The number of benzene rings is 1. The van der Waals surface area contributed by atoms with Crippen molar-refractivity contribution >= 4 is 17.5 Å².